The molecule has 0 heterocycles. The zero-order chi connectivity index (χ0) is 19.8. The van der Waals surface area contributed by atoms with Gasteiger partial charge in [0.05, 0.1) is 14.2 Å². The topological polar surface area (TPSA) is 59.6 Å². The fourth-order valence-electron chi connectivity index (χ4n) is 3.05. The summed E-state index contributed by atoms with van der Waals surface area (Å²) < 4.78 is 10.5. The maximum Gasteiger partial charge on any atom is 0.319 e. The number of methoxy groups -OCH3 is 2. The minimum atomic E-state index is -0.285. The van der Waals surface area contributed by atoms with E-state index in [2.05, 4.69) is 34.9 Å². The Hall–Kier alpha value is -3.47. The van der Waals surface area contributed by atoms with E-state index in [9.17, 15) is 4.79 Å². The zero-order valence-electron chi connectivity index (χ0n) is 16.0. The normalized spacial score (nSPS) is 10.4. The van der Waals surface area contributed by atoms with Crippen molar-refractivity contribution in [3.05, 3.63) is 90.0 Å². The number of carbonyl (C=O) groups is 1. The van der Waals surface area contributed by atoms with E-state index in [4.69, 9.17) is 9.47 Å². The van der Waals surface area contributed by atoms with Crippen LogP contribution in [-0.2, 0) is 0 Å². The molecule has 0 radical (unpaired) electrons. The van der Waals surface area contributed by atoms with Gasteiger partial charge in [0.1, 0.15) is 11.5 Å². The highest BCUT2D eigenvalue weighted by Crippen LogP contribution is 2.26. The standard InChI is InChI=1S/C23H24N2O3/c1-27-20-13-19(14-21(15-20)28-2)25-23(26)24-16-22(17-9-5-3-6-10-17)18-11-7-4-8-12-18/h3-15,22H,16H2,1-2H3,(H2,24,25,26). The Morgan fingerprint density at radius 3 is 1.79 bits per heavy atom. The molecule has 3 aromatic rings. The smallest absolute Gasteiger partial charge is 0.319 e. The van der Waals surface area contributed by atoms with Crippen LogP contribution in [0.3, 0.4) is 0 Å². The predicted octanol–water partition coefficient (Wildman–Crippen LogP) is 4.66. The molecular formula is C23H24N2O3. The molecule has 0 saturated heterocycles. The third-order valence-corrected chi connectivity index (χ3v) is 4.48. The van der Waals surface area contributed by atoms with Crippen LogP contribution in [0.2, 0.25) is 0 Å². The first-order valence-electron chi connectivity index (χ1n) is 9.07. The highest BCUT2D eigenvalue weighted by atomic mass is 16.5. The number of hydrogen-bond donors (Lipinski definition) is 2. The Kier molecular flexibility index (Phi) is 6.52. The number of amides is 2. The summed E-state index contributed by atoms with van der Waals surface area (Å²) in [6, 6.07) is 25.3. The van der Waals surface area contributed by atoms with Crippen molar-refractivity contribution < 1.29 is 14.3 Å². The quantitative estimate of drug-likeness (QED) is 0.631. The fourth-order valence-corrected chi connectivity index (χ4v) is 3.05. The Morgan fingerprint density at radius 1 is 0.821 bits per heavy atom. The number of ether oxygens (including phenoxy) is 2. The van der Waals surface area contributed by atoms with Crippen molar-refractivity contribution >= 4 is 11.7 Å². The third-order valence-electron chi connectivity index (χ3n) is 4.48. The third kappa shape index (κ3) is 5.04. The molecule has 2 amide bonds. The number of urea groups is 1. The average molecular weight is 376 g/mol. The van der Waals surface area contributed by atoms with Crippen LogP contribution in [0.4, 0.5) is 10.5 Å². The van der Waals surface area contributed by atoms with Gasteiger partial charge in [-0.25, -0.2) is 4.79 Å². The molecule has 0 spiro atoms. The molecule has 2 N–H and O–H groups in total. The molecule has 0 aliphatic rings. The van der Waals surface area contributed by atoms with Gasteiger partial charge in [-0.2, -0.15) is 0 Å². The Balaban J connectivity index is 1.71. The van der Waals surface area contributed by atoms with Gasteiger partial charge in [-0.1, -0.05) is 60.7 Å². The fraction of sp³-hybridized carbons (Fsp3) is 0.174. The zero-order valence-corrected chi connectivity index (χ0v) is 16.0. The second-order valence-electron chi connectivity index (χ2n) is 6.31. The molecule has 28 heavy (non-hydrogen) atoms. The van der Waals surface area contributed by atoms with Gasteiger partial charge >= 0.3 is 6.03 Å². The Bertz CT molecular complexity index is 836. The minimum absolute atomic E-state index is 0.0630. The number of carbonyl (C=O) groups excluding carboxylic acids is 1. The van der Waals surface area contributed by atoms with Crippen molar-refractivity contribution in [3.8, 4) is 11.5 Å². The molecule has 3 rings (SSSR count). The highest BCUT2D eigenvalue weighted by molar-refractivity contribution is 5.89. The largest absolute Gasteiger partial charge is 0.497 e. The van der Waals surface area contributed by atoms with Gasteiger partial charge in [-0.3, -0.25) is 0 Å². The second-order valence-corrected chi connectivity index (χ2v) is 6.31. The number of rotatable bonds is 7. The van der Waals surface area contributed by atoms with E-state index >= 15 is 0 Å². The van der Waals surface area contributed by atoms with Crippen LogP contribution < -0.4 is 20.1 Å². The van der Waals surface area contributed by atoms with E-state index in [1.807, 2.05) is 36.4 Å². The summed E-state index contributed by atoms with van der Waals surface area (Å²) in [7, 11) is 3.14. The Morgan fingerprint density at radius 2 is 1.32 bits per heavy atom. The van der Waals surface area contributed by atoms with Crippen molar-refractivity contribution in [3.63, 3.8) is 0 Å². The lowest BCUT2D eigenvalue weighted by molar-refractivity contribution is 0.252. The summed E-state index contributed by atoms with van der Waals surface area (Å²) in [5.41, 5.74) is 2.90. The van der Waals surface area contributed by atoms with Gasteiger partial charge in [0.15, 0.2) is 0 Å². The predicted molar refractivity (Wildman–Crippen MR) is 111 cm³/mol. The number of hydrogen-bond acceptors (Lipinski definition) is 3. The SMILES string of the molecule is COc1cc(NC(=O)NCC(c2ccccc2)c2ccccc2)cc(OC)c1. The van der Waals surface area contributed by atoms with E-state index in [1.165, 1.54) is 0 Å². The van der Waals surface area contributed by atoms with Gasteiger partial charge < -0.3 is 20.1 Å². The molecule has 0 aromatic heterocycles. The van der Waals surface area contributed by atoms with Crippen molar-refractivity contribution in [1.29, 1.82) is 0 Å². The van der Waals surface area contributed by atoms with Crippen LogP contribution >= 0.6 is 0 Å². The molecule has 0 atom stereocenters. The van der Waals surface area contributed by atoms with E-state index in [1.54, 1.807) is 32.4 Å². The maximum atomic E-state index is 12.5. The molecule has 0 unspecified atom stereocenters. The Labute approximate surface area is 165 Å². The lowest BCUT2D eigenvalue weighted by Gasteiger charge is -2.19. The van der Waals surface area contributed by atoms with Gasteiger partial charge in [0.2, 0.25) is 0 Å². The molecule has 0 fully saturated rings. The van der Waals surface area contributed by atoms with Crippen molar-refractivity contribution in [2.75, 3.05) is 26.1 Å². The summed E-state index contributed by atoms with van der Waals surface area (Å²) in [6.07, 6.45) is 0. The number of nitrogens with one attached hydrogen (secondary N) is 2. The molecule has 0 bridgehead atoms. The molecule has 5 nitrogen and oxygen atoms in total. The second kappa shape index (κ2) is 9.46. The first-order chi connectivity index (χ1) is 13.7. The van der Waals surface area contributed by atoms with Gasteiger partial charge in [0, 0.05) is 36.3 Å². The lowest BCUT2D eigenvalue weighted by Crippen LogP contribution is -2.32. The average Bonchev–Trinajstić information content (AvgIpc) is 2.75. The van der Waals surface area contributed by atoms with Crippen LogP contribution in [0, 0.1) is 0 Å². The first kappa shape index (κ1) is 19.3. The van der Waals surface area contributed by atoms with Gasteiger partial charge in [-0.05, 0) is 11.1 Å². The highest BCUT2D eigenvalue weighted by Gasteiger charge is 2.15. The molecule has 144 valence electrons. The van der Waals surface area contributed by atoms with Gasteiger partial charge in [-0.15, -0.1) is 0 Å². The minimum Gasteiger partial charge on any atom is -0.497 e. The number of benzene rings is 3. The van der Waals surface area contributed by atoms with Crippen LogP contribution in [-0.4, -0.2) is 26.8 Å². The van der Waals surface area contributed by atoms with Crippen LogP contribution in [0.25, 0.3) is 0 Å². The van der Waals surface area contributed by atoms with Crippen LogP contribution in [0.1, 0.15) is 17.0 Å². The van der Waals surface area contributed by atoms with E-state index < -0.39 is 0 Å². The monoisotopic (exact) mass is 376 g/mol. The summed E-state index contributed by atoms with van der Waals surface area (Å²) >= 11 is 0. The van der Waals surface area contributed by atoms with Crippen molar-refractivity contribution in [2.24, 2.45) is 0 Å². The van der Waals surface area contributed by atoms with Crippen molar-refractivity contribution in [1.82, 2.24) is 5.32 Å². The molecule has 0 aliphatic heterocycles. The van der Waals surface area contributed by atoms with Crippen LogP contribution in [0.5, 0.6) is 11.5 Å². The molecular weight excluding hydrogens is 352 g/mol. The summed E-state index contributed by atoms with van der Waals surface area (Å²) in [6.45, 7) is 0.473. The summed E-state index contributed by atoms with van der Waals surface area (Å²) in [5.74, 6) is 1.29. The van der Waals surface area contributed by atoms with E-state index in [0.717, 1.165) is 11.1 Å². The van der Waals surface area contributed by atoms with Crippen molar-refractivity contribution in [2.45, 2.75) is 5.92 Å². The molecule has 3 aromatic carbocycles. The summed E-state index contributed by atoms with van der Waals surface area (Å²) in [4.78, 5) is 12.5. The summed E-state index contributed by atoms with van der Waals surface area (Å²) in [5, 5.41) is 5.81. The molecule has 5 heteroatoms. The van der Waals surface area contributed by atoms with E-state index in [-0.39, 0.29) is 11.9 Å². The van der Waals surface area contributed by atoms with E-state index in [0.29, 0.717) is 23.7 Å². The first-order valence-corrected chi connectivity index (χ1v) is 9.07. The maximum absolute atomic E-state index is 12.5. The van der Waals surface area contributed by atoms with Gasteiger partial charge in [0.25, 0.3) is 0 Å². The lowest BCUT2D eigenvalue weighted by atomic mass is 9.91. The molecule has 0 saturated carbocycles. The van der Waals surface area contributed by atoms with Crippen LogP contribution in [0.15, 0.2) is 78.9 Å². The number of anilines is 1. The molecule has 0 aliphatic carbocycles.